The molecule has 3 aromatic carbocycles. The van der Waals surface area contributed by atoms with Gasteiger partial charge in [0.25, 0.3) is 5.91 Å². The number of para-hydroxylation sites is 1. The van der Waals surface area contributed by atoms with Crippen molar-refractivity contribution in [3.63, 3.8) is 0 Å². The fraction of sp³-hybridized carbons (Fsp3) is 0.130. The van der Waals surface area contributed by atoms with Crippen LogP contribution >= 0.6 is 0 Å². The molecule has 0 unspecified atom stereocenters. The summed E-state index contributed by atoms with van der Waals surface area (Å²) in [6.45, 7) is 0.843. The normalized spacial score (nSPS) is 11.2. The lowest BCUT2D eigenvalue weighted by atomic mass is 10.1. The second kappa shape index (κ2) is 7.29. The van der Waals surface area contributed by atoms with E-state index in [9.17, 15) is 9.59 Å². The van der Waals surface area contributed by atoms with Gasteiger partial charge in [0.05, 0.1) is 0 Å². The maximum Gasteiger partial charge on any atom is 0.255 e. The van der Waals surface area contributed by atoms with Gasteiger partial charge in [-0.1, -0.05) is 24.3 Å². The van der Waals surface area contributed by atoms with Crippen LogP contribution in [-0.2, 0) is 6.54 Å². The number of hydrogen-bond donors (Lipinski definition) is 2. The minimum Gasteiger partial charge on any atom is -0.354 e. The van der Waals surface area contributed by atoms with E-state index in [1.54, 1.807) is 24.3 Å². The van der Waals surface area contributed by atoms with Crippen LogP contribution in [0.2, 0.25) is 0 Å². The number of aromatic amines is 1. The average molecular weight is 371 g/mol. The van der Waals surface area contributed by atoms with Crippen molar-refractivity contribution in [1.82, 2.24) is 9.88 Å². The molecule has 5 heteroatoms. The summed E-state index contributed by atoms with van der Waals surface area (Å²) < 4.78 is 0. The second-order valence-corrected chi connectivity index (χ2v) is 7.15. The van der Waals surface area contributed by atoms with E-state index in [-0.39, 0.29) is 11.3 Å². The predicted molar refractivity (Wildman–Crippen MR) is 114 cm³/mol. The van der Waals surface area contributed by atoms with E-state index in [0.29, 0.717) is 21.9 Å². The van der Waals surface area contributed by atoms with Crippen molar-refractivity contribution >= 4 is 33.4 Å². The third-order valence-electron chi connectivity index (χ3n) is 4.68. The Hall–Kier alpha value is -3.44. The van der Waals surface area contributed by atoms with Crippen LogP contribution in [0.25, 0.3) is 21.8 Å². The van der Waals surface area contributed by atoms with Gasteiger partial charge in [-0.2, -0.15) is 0 Å². The number of fused-ring (bicyclic) bond motifs is 2. The maximum absolute atomic E-state index is 12.8. The number of nitrogens with one attached hydrogen (secondary N) is 2. The number of carbonyl (C=O) groups is 1. The van der Waals surface area contributed by atoms with E-state index in [0.717, 1.165) is 17.7 Å². The number of nitrogens with zero attached hydrogens (tertiary/aromatic N) is 1. The quantitative estimate of drug-likeness (QED) is 0.533. The minimum atomic E-state index is -0.241. The van der Waals surface area contributed by atoms with Crippen molar-refractivity contribution in [3.05, 3.63) is 88.1 Å². The molecule has 4 rings (SSSR count). The van der Waals surface area contributed by atoms with Crippen molar-refractivity contribution in [2.45, 2.75) is 6.54 Å². The molecule has 4 aromatic rings. The highest BCUT2D eigenvalue weighted by molar-refractivity contribution is 6.06. The summed E-state index contributed by atoms with van der Waals surface area (Å²) in [4.78, 5) is 30.8. The van der Waals surface area contributed by atoms with Gasteiger partial charge in [0.2, 0.25) is 0 Å². The van der Waals surface area contributed by atoms with Gasteiger partial charge < -0.3 is 15.2 Å². The molecule has 1 amide bonds. The molecule has 0 bridgehead atoms. The molecule has 1 heterocycles. The van der Waals surface area contributed by atoms with Gasteiger partial charge in [0, 0.05) is 39.6 Å². The van der Waals surface area contributed by atoms with Gasteiger partial charge in [-0.15, -0.1) is 0 Å². The van der Waals surface area contributed by atoms with Crippen molar-refractivity contribution in [2.75, 3.05) is 19.4 Å². The summed E-state index contributed by atoms with van der Waals surface area (Å²) in [5.41, 5.74) is 3.77. The van der Waals surface area contributed by atoms with Gasteiger partial charge in [-0.25, -0.2) is 0 Å². The Morgan fingerprint density at radius 1 is 0.929 bits per heavy atom. The summed E-state index contributed by atoms with van der Waals surface area (Å²) >= 11 is 0. The number of carbonyl (C=O) groups excluding carboxylic acids is 1. The molecule has 0 saturated carbocycles. The number of rotatable bonds is 4. The van der Waals surface area contributed by atoms with Gasteiger partial charge in [0.15, 0.2) is 5.43 Å². The first-order chi connectivity index (χ1) is 13.5. The summed E-state index contributed by atoms with van der Waals surface area (Å²) in [6, 6.07) is 20.3. The lowest BCUT2D eigenvalue weighted by molar-refractivity contribution is 0.102. The number of H-pyrrole nitrogens is 1. The van der Waals surface area contributed by atoms with Crippen molar-refractivity contribution in [1.29, 1.82) is 0 Å². The predicted octanol–water partition coefficient (Wildman–Crippen LogP) is 4.00. The molecule has 0 radical (unpaired) electrons. The molecule has 28 heavy (non-hydrogen) atoms. The highest BCUT2D eigenvalue weighted by Crippen LogP contribution is 2.18. The molecule has 0 spiro atoms. The molecule has 0 fully saturated rings. The van der Waals surface area contributed by atoms with Crippen LogP contribution in [0.3, 0.4) is 0 Å². The Labute approximate surface area is 162 Å². The van der Waals surface area contributed by atoms with Crippen LogP contribution in [0.4, 0.5) is 5.69 Å². The fourth-order valence-corrected chi connectivity index (χ4v) is 3.32. The van der Waals surface area contributed by atoms with Crippen molar-refractivity contribution in [2.24, 2.45) is 0 Å². The minimum absolute atomic E-state index is 0.0768. The zero-order valence-corrected chi connectivity index (χ0v) is 15.8. The lowest BCUT2D eigenvalue weighted by Crippen LogP contribution is -2.14. The Morgan fingerprint density at radius 3 is 2.39 bits per heavy atom. The van der Waals surface area contributed by atoms with Gasteiger partial charge in [0.1, 0.15) is 0 Å². The fourth-order valence-electron chi connectivity index (χ4n) is 3.32. The molecule has 5 nitrogen and oxygen atoms in total. The van der Waals surface area contributed by atoms with E-state index in [4.69, 9.17) is 0 Å². The number of pyridine rings is 1. The zero-order valence-electron chi connectivity index (χ0n) is 15.8. The van der Waals surface area contributed by atoms with Crippen molar-refractivity contribution in [3.8, 4) is 0 Å². The smallest absolute Gasteiger partial charge is 0.255 e. The first kappa shape index (κ1) is 17.9. The van der Waals surface area contributed by atoms with Crippen LogP contribution < -0.4 is 10.7 Å². The van der Waals surface area contributed by atoms with E-state index >= 15 is 0 Å². The Kier molecular flexibility index (Phi) is 4.67. The first-order valence-electron chi connectivity index (χ1n) is 9.11. The molecule has 1 aromatic heterocycles. The Morgan fingerprint density at radius 2 is 1.64 bits per heavy atom. The third-order valence-corrected chi connectivity index (χ3v) is 4.68. The Bertz CT molecular complexity index is 1220. The topological polar surface area (TPSA) is 65.2 Å². The summed E-state index contributed by atoms with van der Waals surface area (Å²) in [7, 11) is 4.03. The molecule has 0 aliphatic carbocycles. The first-order valence-corrected chi connectivity index (χ1v) is 9.11. The standard InChI is InChI=1S/C23H21N3O2/c1-26(2)14-15-7-10-17(11-8-15)24-23(28)16-9-12-21-19(13-16)22(27)18-5-3-4-6-20(18)25-21/h3-13H,14H2,1-2H3,(H,24,28)(H,25,27). The summed E-state index contributed by atoms with van der Waals surface area (Å²) in [6.07, 6.45) is 0. The number of hydrogen-bond acceptors (Lipinski definition) is 3. The zero-order chi connectivity index (χ0) is 19.7. The summed E-state index contributed by atoms with van der Waals surface area (Å²) in [5.74, 6) is -0.241. The van der Waals surface area contributed by atoms with Gasteiger partial charge in [-0.05, 0) is 62.1 Å². The van der Waals surface area contributed by atoms with E-state index in [1.165, 1.54) is 5.56 Å². The highest BCUT2D eigenvalue weighted by Gasteiger charge is 2.11. The SMILES string of the molecule is CN(C)Cc1ccc(NC(=O)c2ccc3[nH]c4ccccc4c(=O)c3c2)cc1. The van der Waals surface area contributed by atoms with Gasteiger partial charge >= 0.3 is 0 Å². The molecule has 0 saturated heterocycles. The van der Waals surface area contributed by atoms with Crippen LogP contribution in [0.15, 0.2) is 71.5 Å². The largest absolute Gasteiger partial charge is 0.354 e. The van der Waals surface area contributed by atoms with Crippen LogP contribution in [0.5, 0.6) is 0 Å². The average Bonchev–Trinajstić information content (AvgIpc) is 2.69. The highest BCUT2D eigenvalue weighted by atomic mass is 16.1. The van der Waals surface area contributed by atoms with Crippen LogP contribution in [-0.4, -0.2) is 29.9 Å². The molecule has 0 aliphatic heterocycles. The molecule has 0 aliphatic rings. The van der Waals surface area contributed by atoms with Crippen molar-refractivity contribution < 1.29 is 4.79 Å². The van der Waals surface area contributed by atoms with Crippen LogP contribution in [0, 0.1) is 0 Å². The number of anilines is 1. The second-order valence-electron chi connectivity index (χ2n) is 7.15. The molecular weight excluding hydrogens is 350 g/mol. The molecule has 0 atom stereocenters. The van der Waals surface area contributed by atoms with E-state index in [2.05, 4.69) is 15.2 Å². The van der Waals surface area contributed by atoms with E-state index in [1.807, 2.05) is 56.6 Å². The molecule has 2 N–H and O–H groups in total. The monoisotopic (exact) mass is 371 g/mol. The molecule has 140 valence electrons. The van der Waals surface area contributed by atoms with E-state index < -0.39 is 0 Å². The lowest BCUT2D eigenvalue weighted by Gasteiger charge is -2.11. The van der Waals surface area contributed by atoms with Crippen LogP contribution in [0.1, 0.15) is 15.9 Å². The molecular formula is C23H21N3O2. The third kappa shape index (κ3) is 3.52. The Balaban J connectivity index is 1.63. The maximum atomic E-state index is 12.8. The number of aromatic nitrogens is 1. The number of benzene rings is 3. The number of amides is 1. The summed E-state index contributed by atoms with van der Waals surface area (Å²) in [5, 5.41) is 4.02. The van der Waals surface area contributed by atoms with Gasteiger partial charge in [-0.3, -0.25) is 9.59 Å².